The molecule has 2 aliphatic rings. The maximum absolute atomic E-state index is 9.36. The number of para-hydroxylation sites is 2. The van der Waals surface area contributed by atoms with E-state index in [2.05, 4.69) is 27.1 Å². The predicted molar refractivity (Wildman–Crippen MR) is 115 cm³/mol. The van der Waals surface area contributed by atoms with Crippen molar-refractivity contribution in [2.24, 2.45) is 0 Å². The van der Waals surface area contributed by atoms with E-state index < -0.39 is 0 Å². The molecule has 0 bridgehead atoms. The molecule has 0 atom stereocenters. The zero-order valence-corrected chi connectivity index (χ0v) is 16.0. The lowest BCUT2D eigenvalue weighted by atomic mass is 9.34. The van der Waals surface area contributed by atoms with Crippen molar-refractivity contribution in [1.82, 2.24) is 15.0 Å². The molecule has 0 spiro atoms. The van der Waals surface area contributed by atoms with Crippen LogP contribution in [-0.4, -0.2) is 21.7 Å². The number of benzene rings is 3. The van der Waals surface area contributed by atoms with Gasteiger partial charge in [-0.15, -0.1) is 0 Å². The molecule has 142 valence electrons. The Balaban J connectivity index is 1.68. The summed E-state index contributed by atoms with van der Waals surface area (Å²) in [6.07, 6.45) is 0. The van der Waals surface area contributed by atoms with Crippen LogP contribution in [0.3, 0.4) is 0 Å². The molecule has 6 rings (SSSR count). The number of hydrogen-bond acceptors (Lipinski definition) is 7. The van der Waals surface area contributed by atoms with E-state index in [0.717, 1.165) is 39.3 Å². The number of nitrogens with zero attached hydrogens (tertiary/aromatic N) is 6. The van der Waals surface area contributed by atoms with Crippen molar-refractivity contribution in [3.63, 3.8) is 0 Å². The second kappa shape index (κ2) is 6.41. The Morgan fingerprint density at radius 3 is 2.13 bits per heavy atom. The molecule has 0 unspecified atom stereocenters. The summed E-state index contributed by atoms with van der Waals surface area (Å²) in [7, 11) is 0. The molecule has 0 aliphatic carbocycles. The lowest BCUT2D eigenvalue weighted by molar-refractivity contribution is 0.487. The summed E-state index contributed by atoms with van der Waals surface area (Å²) in [6, 6.07) is 25.7. The van der Waals surface area contributed by atoms with Crippen molar-refractivity contribution in [2.75, 3.05) is 4.90 Å². The fourth-order valence-electron chi connectivity index (χ4n) is 4.36. The Hall–Kier alpha value is -4.69. The zero-order chi connectivity index (χ0) is 20.9. The Kier molecular flexibility index (Phi) is 3.56. The third kappa shape index (κ3) is 2.43. The number of anilines is 3. The summed E-state index contributed by atoms with van der Waals surface area (Å²) < 4.78 is 6.23. The minimum atomic E-state index is -0.104. The first-order valence-corrected chi connectivity index (χ1v) is 9.63. The molecule has 0 amide bonds. The van der Waals surface area contributed by atoms with Gasteiger partial charge in [0.2, 0.25) is 17.6 Å². The van der Waals surface area contributed by atoms with Crippen molar-refractivity contribution in [3.05, 3.63) is 78.4 Å². The number of aromatic nitrogens is 3. The van der Waals surface area contributed by atoms with Crippen LogP contribution in [0.25, 0.3) is 0 Å². The smallest absolute Gasteiger partial charge is 0.256 e. The second-order valence-corrected chi connectivity index (χ2v) is 7.16. The van der Waals surface area contributed by atoms with Crippen LogP contribution in [0.15, 0.2) is 66.7 Å². The fourth-order valence-corrected chi connectivity index (χ4v) is 4.36. The number of fused-ring (bicyclic) bond motifs is 4. The van der Waals surface area contributed by atoms with Gasteiger partial charge in [0.05, 0.1) is 0 Å². The van der Waals surface area contributed by atoms with Gasteiger partial charge in [0.25, 0.3) is 6.71 Å². The molecule has 0 fully saturated rings. The van der Waals surface area contributed by atoms with E-state index in [1.165, 1.54) is 0 Å². The highest BCUT2D eigenvalue weighted by molar-refractivity contribution is 6.99. The minimum Gasteiger partial charge on any atom is -0.458 e. The van der Waals surface area contributed by atoms with Crippen LogP contribution in [0.5, 0.6) is 11.5 Å². The summed E-state index contributed by atoms with van der Waals surface area (Å²) in [5, 5.41) is 18.7. The maximum atomic E-state index is 9.36. The zero-order valence-electron chi connectivity index (χ0n) is 16.0. The third-order valence-electron chi connectivity index (χ3n) is 5.53. The monoisotopic (exact) mass is 398 g/mol. The first-order chi connectivity index (χ1) is 15.3. The van der Waals surface area contributed by atoms with Gasteiger partial charge in [-0.05, 0) is 40.7 Å². The first kappa shape index (κ1) is 17.2. The van der Waals surface area contributed by atoms with Gasteiger partial charge in [0.15, 0.2) is 0 Å². The molecular formula is C23H11BN6O. The number of nitriles is 2. The lowest BCUT2D eigenvalue weighted by Gasteiger charge is -2.38. The lowest BCUT2D eigenvalue weighted by Crippen LogP contribution is -2.59. The van der Waals surface area contributed by atoms with Gasteiger partial charge in [-0.2, -0.15) is 25.5 Å². The topological polar surface area (TPSA) is 98.7 Å². The number of rotatable bonds is 1. The highest BCUT2D eigenvalue weighted by Crippen LogP contribution is 2.38. The maximum Gasteiger partial charge on any atom is 0.256 e. The molecule has 0 saturated carbocycles. The van der Waals surface area contributed by atoms with Crippen molar-refractivity contribution in [2.45, 2.75) is 0 Å². The molecule has 8 heteroatoms. The van der Waals surface area contributed by atoms with Crippen molar-refractivity contribution in [1.29, 1.82) is 10.5 Å². The molecular weight excluding hydrogens is 387 g/mol. The van der Waals surface area contributed by atoms with Crippen molar-refractivity contribution >= 4 is 40.4 Å². The molecule has 7 nitrogen and oxygen atoms in total. The summed E-state index contributed by atoms with van der Waals surface area (Å²) >= 11 is 0. The summed E-state index contributed by atoms with van der Waals surface area (Å²) in [6.45, 7) is -0.0173. The van der Waals surface area contributed by atoms with Gasteiger partial charge in [0, 0.05) is 11.4 Å². The second-order valence-electron chi connectivity index (χ2n) is 7.16. The number of hydrogen-bond donors (Lipinski definition) is 0. The van der Waals surface area contributed by atoms with Crippen LogP contribution < -0.4 is 26.0 Å². The Labute approximate surface area is 177 Å². The third-order valence-corrected chi connectivity index (χ3v) is 5.53. The van der Waals surface area contributed by atoms with Crippen LogP contribution in [0.2, 0.25) is 0 Å². The minimum absolute atomic E-state index is 0.0173. The van der Waals surface area contributed by atoms with Gasteiger partial charge in [-0.1, -0.05) is 42.5 Å². The predicted octanol–water partition coefficient (Wildman–Crippen LogP) is 2.02. The summed E-state index contributed by atoms with van der Waals surface area (Å²) in [5.74, 6) is 1.61. The van der Waals surface area contributed by atoms with Crippen molar-refractivity contribution in [3.8, 4) is 23.6 Å². The van der Waals surface area contributed by atoms with Crippen LogP contribution in [0.4, 0.5) is 17.3 Å². The molecule has 0 radical (unpaired) electrons. The van der Waals surface area contributed by atoms with Gasteiger partial charge in [-0.25, -0.2) is 0 Å². The van der Waals surface area contributed by atoms with Crippen LogP contribution in [0.1, 0.15) is 11.6 Å². The summed E-state index contributed by atoms with van der Waals surface area (Å²) in [4.78, 5) is 14.4. The highest BCUT2D eigenvalue weighted by atomic mass is 16.5. The Bertz CT molecular complexity index is 1440. The molecule has 4 aromatic rings. The van der Waals surface area contributed by atoms with Gasteiger partial charge in [-0.3, -0.25) is 4.90 Å². The standard InChI is InChI=1S/C23H11BN6O/c25-12-20-27-21(13-26)29-23(28-20)30-16-8-3-1-6-14(16)24-15-7-2-4-10-18(15)31-19-11-5-9-17(30)22(19)24/h1-11H. The Morgan fingerprint density at radius 2 is 1.35 bits per heavy atom. The normalized spacial score (nSPS) is 12.6. The van der Waals surface area contributed by atoms with Gasteiger partial charge in [0.1, 0.15) is 23.6 Å². The first-order valence-electron chi connectivity index (χ1n) is 9.63. The Morgan fingerprint density at radius 1 is 0.710 bits per heavy atom. The molecule has 3 heterocycles. The molecule has 2 aliphatic heterocycles. The summed E-state index contributed by atoms with van der Waals surface area (Å²) in [5.41, 5.74) is 4.87. The van der Waals surface area contributed by atoms with Crippen LogP contribution in [0, 0.1) is 22.7 Å². The SMILES string of the molecule is N#Cc1nc(C#N)nc(N2c3ccccc3B3c4ccccc4Oc4cccc2c43)n1. The van der Waals surface area contributed by atoms with E-state index >= 15 is 0 Å². The van der Waals surface area contributed by atoms with Crippen molar-refractivity contribution < 1.29 is 4.74 Å². The quantitative estimate of drug-likeness (QED) is 0.391. The van der Waals surface area contributed by atoms with E-state index in [1.807, 2.05) is 71.6 Å². The molecule has 31 heavy (non-hydrogen) atoms. The largest absolute Gasteiger partial charge is 0.458 e. The average Bonchev–Trinajstić information content (AvgIpc) is 2.83. The molecule has 1 aromatic heterocycles. The molecule has 0 N–H and O–H groups in total. The fraction of sp³-hybridized carbons (Fsp3) is 0. The average molecular weight is 398 g/mol. The molecule has 0 saturated heterocycles. The van der Waals surface area contributed by atoms with E-state index in [9.17, 15) is 10.5 Å². The van der Waals surface area contributed by atoms with Crippen LogP contribution >= 0.6 is 0 Å². The van der Waals surface area contributed by atoms with Gasteiger partial charge < -0.3 is 4.74 Å². The highest BCUT2D eigenvalue weighted by Gasteiger charge is 2.41. The van der Waals surface area contributed by atoms with E-state index in [0.29, 0.717) is 0 Å². The van der Waals surface area contributed by atoms with Gasteiger partial charge >= 0.3 is 0 Å². The molecule has 3 aromatic carbocycles. The number of ether oxygens (including phenoxy) is 1. The van der Waals surface area contributed by atoms with E-state index in [1.54, 1.807) is 0 Å². The van der Waals surface area contributed by atoms with Crippen LogP contribution in [-0.2, 0) is 0 Å². The van der Waals surface area contributed by atoms with E-state index in [4.69, 9.17) is 4.74 Å². The van der Waals surface area contributed by atoms with E-state index in [-0.39, 0.29) is 24.3 Å².